The first-order valence-electron chi connectivity index (χ1n) is 2.28. The van der Waals surface area contributed by atoms with Gasteiger partial charge in [0.2, 0.25) is 0 Å². The van der Waals surface area contributed by atoms with E-state index >= 15 is 0 Å². The fourth-order valence-corrected chi connectivity index (χ4v) is 0.200. The Kier molecular flexibility index (Phi) is 5.60. The van der Waals surface area contributed by atoms with Gasteiger partial charge in [0.15, 0.2) is 0 Å². The molecule has 0 spiro atoms. The van der Waals surface area contributed by atoms with E-state index < -0.39 is 0 Å². The van der Waals surface area contributed by atoms with Gasteiger partial charge in [0.05, 0.1) is 6.26 Å². The third kappa shape index (κ3) is 6.62. The summed E-state index contributed by atoms with van der Waals surface area (Å²) in [7, 11) is 0. The monoisotopic (exact) mass is 128 g/mol. The molecule has 0 heterocycles. The largest absolute Gasteiger partial charge is 0.512 e. The van der Waals surface area contributed by atoms with Crippen LogP contribution in [0.2, 0.25) is 0 Å². The minimum Gasteiger partial charge on any atom is -0.512 e. The first-order chi connectivity index (χ1) is 4.41. The van der Waals surface area contributed by atoms with Gasteiger partial charge >= 0.3 is 0 Å². The lowest BCUT2D eigenvalue weighted by atomic mass is 11.0. The molecule has 0 aliphatic heterocycles. The molecule has 0 saturated carbocycles. The highest BCUT2D eigenvalue weighted by Gasteiger charge is 1.65. The van der Waals surface area contributed by atoms with Crippen molar-refractivity contribution in [1.29, 1.82) is 0 Å². The molecule has 0 bridgehead atoms. The van der Waals surface area contributed by atoms with E-state index in [2.05, 4.69) is 16.1 Å². The molecular formula is C6H8O3. The van der Waals surface area contributed by atoms with Crippen LogP contribution in [0.1, 0.15) is 0 Å². The van der Waals surface area contributed by atoms with Gasteiger partial charge in [-0.1, -0.05) is 6.58 Å². The van der Waals surface area contributed by atoms with Crippen LogP contribution in [-0.4, -0.2) is 5.11 Å². The highest BCUT2D eigenvalue weighted by molar-refractivity contribution is 4.69. The summed E-state index contributed by atoms with van der Waals surface area (Å²) >= 11 is 0. The van der Waals surface area contributed by atoms with Crippen LogP contribution < -0.4 is 0 Å². The van der Waals surface area contributed by atoms with E-state index in [0.717, 1.165) is 12.5 Å². The van der Waals surface area contributed by atoms with E-state index in [1.54, 1.807) is 0 Å². The molecule has 0 saturated heterocycles. The SMILES string of the molecule is C=CO/C=C/O/C=C/O. The fourth-order valence-electron chi connectivity index (χ4n) is 0.200. The first-order valence-corrected chi connectivity index (χ1v) is 2.28. The fraction of sp³-hybridized carbons (Fsp3) is 0. The third-order valence-electron chi connectivity index (χ3n) is 0.448. The minimum atomic E-state index is 0.776. The van der Waals surface area contributed by atoms with Crippen LogP contribution in [0, 0.1) is 0 Å². The average molecular weight is 128 g/mol. The van der Waals surface area contributed by atoms with Gasteiger partial charge in [0, 0.05) is 0 Å². The summed E-state index contributed by atoms with van der Waals surface area (Å²) in [6.45, 7) is 3.28. The van der Waals surface area contributed by atoms with Crippen LogP contribution in [0.3, 0.4) is 0 Å². The molecule has 0 atom stereocenters. The molecule has 0 amide bonds. The zero-order chi connectivity index (χ0) is 6.95. The molecule has 0 aliphatic carbocycles. The van der Waals surface area contributed by atoms with Gasteiger partial charge in [0.1, 0.15) is 25.0 Å². The maximum absolute atomic E-state index is 8.02. The predicted octanol–water partition coefficient (Wildman–Crippen LogP) is 1.66. The van der Waals surface area contributed by atoms with E-state index in [4.69, 9.17) is 5.11 Å². The minimum absolute atomic E-state index is 0.776. The van der Waals surface area contributed by atoms with Gasteiger partial charge in [-0.15, -0.1) is 0 Å². The summed E-state index contributed by atoms with van der Waals surface area (Å²) in [5.41, 5.74) is 0. The molecule has 1 N–H and O–H groups in total. The molecule has 0 rings (SSSR count). The second-order valence-electron chi connectivity index (χ2n) is 0.996. The second-order valence-corrected chi connectivity index (χ2v) is 0.996. The molecule has 3 heteroatoms. The quantitative estimate of drug-likeness (QED) is 0.585. The number of aliphatic hydroxyl groups is 1. The van der Waals surface area contributed by atoms with Gasteiger partial charge in [-0.05, 0) is 0 Å². The number of aliphatic hydroxyl groups excluding tert-OH is 1. The van der Waals surface area contributed by atoms with Crippen LogP contribution in [0.4, 0.5) is 0 Å². The Bertz CT molecular complexity index is 115. The smallest absolute Gasteiger partial charge is 0.125 e. The molecule has 50 valence electrons. The number of hydrogen-bond acceptors (Lipinski definition) is 3. The molecule has 3 nitrogen and oxygen atoms in total. The summed E-state index contributed by atoms with van der Waals surface area (Å²) < 4.78 is 9.02. The Balaban J connectivity index is 3.14. The van der Waals surface area contributed by atoms with E-state index in [0.29, 0.717) is 0 Å². The molecule has 0 aromatic carbocycles. The molecule has 0 unspecified atom stereocenters. The van der Waals surface area contributed by atoms with Crippen LogP contribution in [0.25, 0.3) is 0 Å². The highest BCUT2D eigenvalue weighted by atomic mass is 16.5. The topological polar surface area (TPSA) is 38.7 Å². The summed E-state index contributed by atoms with van der Waals surface area (Å²) in [6, 6.07) is 0. The Morgan fingerprint density at radius 1 is 1.11 bits per heavy atom. The lowest BCUT2D eigenvalue weighted by Crippen LogP contribution is -1.66. The summed E-state index contributed by atoms with van der Waals surface area (Å²) in [4.78, 5) is 0. The van der Waals surface area contributed by atoms with Crippen molar-refractivity contribution in [2.24, 2.45) is 0 Å². The van der Waals surface area contributed by atoms with Crippen molar-refractivity contribution < 1.29 is 14.6 Å². The summed E-state index contributed by atoms with van der Waals surface area (Å²) in [5, 5.41) is 8.02. The molecular weight excluding hydrogens is 120 g/mol. The van der Waals surface area contributed by atoms with Crippen molar-refractivity contribution >= 4 is 0 Å². The maximum Gasteiger partial charge on any atom is 0.125 e. The van der Waals surface area contributed by atoms with Gasteiger partial charge in [-0.25, -0.2) is 0 Å². The van der Waals surface area contributed by atoms with Crippen molar-refractivity contribution in [1.82, 2.24) is 0 Å². The standard InChI is InChI=1S/C6H8O3/c1-2-8-5-6-9-4-3-7/h2-7H,1H2/b4-3+,6-5+. The molecule has 0 radical (unpaired) electrons. The average Bonchev–Trinajstić information content (AvgIpc) is 1.89. The van der Waals surface area contributed by atoms with E-state index in [9.17, 15) is 0 Å². The normalized spacial score (nSPS) is 10.2. The number of ether oxygens (including phenoxy) is 2. The maximum atomic E-state index is 8.02. The van der Waals surface area contributed by atoms with Crippen LogP contribution in [-0.2, 0) is 9.47 Å². The Morgan fingerprint density at radius 3 is 2.33 bits per heavy atom. The predicted molar refractivity (Wildman–Crippen MR) is 33.3 cm³/mol. The van der Waals surface area contributed by atoms with Gasteiger partial charge < -0.3 is 14.6 Å². The van der Waals surface area contributed by atoms with E-state index in [-0.39, 0.29) is 0 Å². The van der Waals surface area contributed by atoms with Gasteiger partial charge in [-0.3, -0.25) is 0 Å². The van der Waals surface area contributed by atoms with Gasteiger partial charge in [-0.2, -0.15) is 0 Å². The first kappa shape index (κ1) is 7.62. The third-order valence-corrected chi connectivity index (χ3v) is 0.448. The number of rotatable bonds is 4. The van der Waals surface area contributed by atoms with Crippen molar-refractivity contribution in [3.8, 4) is 0 Å². The Morgan fingerprint density at radius 2 is 1.78 bits per heavy atom. The van der Waals surface area contributed by atoms with E-state index in [1.807, 2.05) is 0 Å². The molecule has 0 aliphatic rings. The molecule has 9 heavy (non-hydrogen) atoms. The van der Waals surface area contributed by atoms with Crippen LogP contribution >= 0.6 is 0 Å². The zero-order valence-electron chi connectivity index (χ0n) is 4.86. The van der Waals surface area contributed by atoms with Crippen molar-refractivity contribution in [3.63, 3.8) is 0 Å². The lowest BCUT2D eigenvalue weighted by Gasteiger charge is -1.86. The lowest BCUT2D eigenvalue weighted by molar-refractivity contribution is 0.332. The Hall–Kier alpha value is -1.38. The second kappa shape index (κ2) is 6.62. The summed E-state index contributed by atoms with van der Waals surface area (Å²) in [5.74, 6) is 0. The van der Waals surface area contributed by atoms with Gasteiger partial charge in [0.25, 0.3) is 0 Å². The zero-order valence-corrected chi connectivity index (χ0v) is 4.86. The van der Waals surface area contributed by atoms with E-state index in [1.165, 1.54) is 18.8 Å². The molecule has 0 aromatic rings. The number of hydrogen-bond donors (Lipinski definition) is 1. The van der Waals surface area contributed by atoms with Crippen molar-refractivity contribution in [3.05, 3.63) is 37.9 Å². The van der Waals surface area contributed by atoms with Crippen molar-refractivity contribution in [2.45, 2.75) is 0 Å². The van der Waals surface area contributed by atoms with Crippen LogP contribution in [0.5, 0.6) is 0 Å². The Labute approximate surface area is 53.5 Å². The molecule has 0 aromatic heterocycles. The van der Waals surface area contributed by atoms with Crippen molar-refractivity contribution in [2.75, 3.05) is 0 Å². The molecule has 0 fully saturated rings. The summed E-state index contributed by atoms with van der Waals surface area (Å²) in [6.07, 6.45) is 5.67. The highest BCUT2D eigenvalue weighted by Crippen LogP contribution is 1.80. The van der Waals surface area contributed by atoms with Crippen LogP contribution in [0.15, 0.2) is 37.9 Å².